The third kappa shape index (κ3) is 2.53. The van der Waals surface area contributed by atoms with Crippen molar-refractivity contribution in [3.63, 3.8) is 0 Å². The van der Waals surface area contributed by atoms with Crippen LogP contribution in [0.15, 0.2) is 28.1 Å². The summed E-state index contributed by atoms with van der Waals surface area (Å²) in [6, 6.07) is 0. The summed E-state index contributed by atoms with van der Waals surface area (Å²) in [5.74, 6) is 0.498. The maximum absolute atomic E-state index is 11.8. The van der Waals surface area contributed by atoms with Gasteiger partial charge in [-0.2, -0.15) is 5.10 Å². The number of oxazole rings is 1. The first-order valence-electron chi connectivity index (χ1n) is 4.86. The summed E-state index contributed by atoms with van der Waals surface area (Å²) in [6.45, 7) is 1.82. The molecule has 0 aliphatic rings. The van der Waals surface area contributed by atoms with Gasteiger partial charge in [-0.15, -0.1) is 0 Å². The fourth-order valence-corrected chi connectivity index (χ4v) is 2.24. The molecular formula is C9H12N4O3S. The molecule has 7 nitrogen and oxygen atoms in total. The van der Waals surface area contributed by atoms with Crippen molar-refractivity contribution < 1.29 is 12.8 Å². The Kier molecular flexibility index (Phi) is 2.99. The fraction of sp³-hybridized carbons (Fsp3) is 0.333. The molecule has 1 N–H and O–H groups in total. The van der Waals surface area contributed by atoms with Crippen LogP contribution in [0.5, 0.6) is 0 Å². The average Bonchev–Trinajstić information content (AvgIpc) is 2.85. The monoisotopic (exact) mass is 256 g/mol. The van der Waals surface area contributed by atoms with Gasteiger partial charge in [0.2, 0.25) is 10.0 Å². The Morgan fingerprint density at radius 3 is 2.82 bits per heavy atom. The van der Waals surface area contributed by atoms with Crippen molar-refractivity contribution in [3.05, 3.63) is 30.2 Å². The lowest BCUT2D eigenvalue weighted by atomic mass is 10.4. The molecule has 92 valence electrons. The van der Waals surface area contributed by atoms with E-state index >= 15 is 0 Å². The molecule has 0 amide bonds. The van der Waals surface area contributed by atoms with E-state index < -0.39 is 10.0 Å². The van der Waals surface area contributed by atoms with Gasteiger partial charge in [0.1, 0.15) is 10.7 Å². The first kappa shape index (κ1) is 11.8. The number of aromatic nitrogens is 3. The third-order valence-corrected chi connectivity index (χ3v) is 3.61. The predicted molar refractivity (Wildman–Crippen MR) is 58.5 cm³/mol. The minimum atomic E-state index is -3.55. The molecule has 0 saturated carbocycles. The highest BCUT2D eigenvalue weighted by atomic mass is 32.2. The maximum atomic E-state index is 11.8. The quantitative estimate of drug-likeness (QED) is 0.843. The average molecular weight is 256 g/mol. The van der Waals surface area contributed by atoms with Crippen molar-refractivity contribution in [1.82, 2.24) is 19.5 Å². The Morgan fingerprint density at radius 2 is 2.29 bits per heavy atom. The van der Waals surface area contributed by atoms with Crippen molar-refractivity contribution >= 4 is 10.0 Å². The van der Waals surface area contributed by atoms with E-state index in [0.717, 1.165) is 0 Å². The van der Waals surface area contributed by atoms with Gasteiger partial charge in [-0.1, -0.05) is 0 Å². The van der Waals surface area contributed by atoms with Gasteiger partial charge in [0.25, 0.3) is 0 Å². The van der Waals surface area contributed by atoms with Crippen molar-refractivity contribution in [1.29, 1.82) is 0 Å². The Bertz CT molecular complexity index is 614. The largest absolute Gasteiger partial charge is 0.447 e. The van der Waals surface area contributed by atoms with Crippen LogP contribution in [0.25, 0.3) is 0 Å². The second-order valence-corrected chi connectivity index (χ2v) is 5.30. The van der Waals surface area contributed by atoms with E-state index in [0.29, 0.717) is 11.5 Å². The smallest absolute Gasteiger partial charge is 0.244 e. The molecule has 0 fully saturated rings. The van der Waals surface area contributed by atoms with Crippen molar-refractivity contribution in [2.75, 3.05) is 0 Å². The molecule has 2 aromatic heterocycles. The molecular weight excluding hydrogens is 244 g/mol. The van der Waals surface area contributed by atoms with Gasteiger partial charge in [0.05, 0.1) is 18.4 Å². The van der Waals surface area contributed by atoms with E-state index in [4.69, 9.17) is 4.42 Å². The summed E-state index contributed by atoms with van der Waals surface area (Å²) in [6.07, 6.45) is 3.99. The molecule has 2 heterocycles. The summed E-state index contributed by atoms with van der Waals surface area (Å²) < 4.78 is 32.5. The molecule has 0 aliphatic heterocycles. The fourth-order valence-electron chi connectivity index (χ4n) is 1.28. The zero-order valence-electron chi connectivity index (χ0n) is 9.41. The predicted octanol–water partition coefficient (Wildman–Crippen LogP) is 0.195. The molecule has 2 rings (SSSR count). The number of rotatable bonds is 4. The molecule has 17 heavy (non-hydrogen) atoms. The molecule has 0 spiro atoms. The molecule has 0 radical (unpaired) electrons. The van der Waals surface area contributed by atoms with Gasteiger partial charge in [0.15, 0.2) is 6.39 Å². The summed E-state index contributed by atoms with van der Waals surface area (Å²) in [4.78, 5) is 4.00. The summed E-state index contributed by atoms with van der Waals surface area (Å²) >= 11 is 0. The minimum absolute atomic E-state index is 0.0725. The highest BCUT2D eigenvalue weighted by Gasteiger charge is 2.17. The van der Waals surface area contributed by atoms with Gasteiger partial charge in [-0.25, -0.2) is 18.1 Å². The van der Waals surface area contributed by atoms with Gasteiger partial charge >= 0.3 is 0 Å². The lowest BCUT2D eigenvalue weighted by Gasteiger charge is -2.02. The number of aryl methyl sites for hydroxylation is 2. The summed E-state index contributed by atoms with van der Waals surface area (Å²) in [7, 11) is -1.90. The molecule has 0 saturated heterocycles. The van der Waals surface area contributed by atoms with Crippen LogP contribution < -0.4 is 4.72 Å². The number of hydrogen-bond donors (Lipinski definition) is 1. The van der Waals surface area contributed by atoms with E-state index in [1.807, 2.05) is 0 Å². The molecule has 0 bridgehead atoms. The zero-order chi connectivity index (χ0) is 12.5. The molecule has 2 aromatic rings. The summed E-state index contributed by atoms with van der Waals surface area (Å²) in [5, 5.41) is 3.81. The van der Waals surface area contributed by atoms with Gasteiger partial charge in [-0.3, -0.25) is 4.68 Å². The highest BCUT2D eigenvalue weighted by Crippen LogP contribution is 2.09. The second-order valence-electron chi connectivity index (χ2n) is 3.54. The van der Waals surface area contributed by atoms with Crippen molar-refractivity contribution in [2.45, 2.75) is 18.4 Å². The lowest BCUT2D eigenvalue weighted by Crippen LogP contribution is -2.23. The molecule has 8 heteroatoms. The van der Waals surface area contributed by atoms with Crippen molar-refractivity contribution in [3.8, 4) is 0 Å². The molecule has 0 unspecified atom stereocenters. The standard InChI is InChI=1S/C9H12N4O3S/c1-7-9(16-6-10-7)4-12-17(14,15)8-3-11-13(2)5-8/h3,5-6,12H,4H2,1-2H3. The van der Waals surface area contributed by atoms with Gasteiger partial charge in [-0.05, 0) is 6.92 Å². The first-order valence-corrected chi connectivity index (χ1v) is 6.34. The summed E-state index contributed by atoms with van der Waals surface area (Å²) in [5.41, 5.74) is 0.666. The van der Waals surface area contributed by atoms with E-state index in [2.05, 4.69) is 14.8 Å². The van der Waals surface area contributed by atoms with Crippen LogP contribution in [-0.4, -0.2) is 23.2 Å². The van der Waals surface area contributed by atoms with E-state index in [1.54, 1.807) is 14.0 Å². The van der Waals surface area contributed by atoms with Gasteiger partial charge < -0.3 is 4.42 Å². The Morgan fingerprint density at radius 1 is 1.53 bits per heavy atom. The minimum Gasteiger partial charge on any atom is -0.447 e. The van der Waals surface area contributed by atoms with Crippen LogP contribution in [0.1, 0.15) is 11.5 Å². The van der Waals surface area contributed by atoms with Crippen LogP contribution in [0.4, 0.5) is 0 Å². The van der Waals surface area contributed by atoms with Crippen molar-refractivity contribution in [2.24, 2.45) is 7.05 Å². The van der Waals surface area contributed by atoms with Crippen LogP contribution in [0, 0.1) is 6.92 Å². The normalized spacial score (nSPS) is 11.9. The second kappa shape index (κ2) is 4.30. The van der Waals surface area contributed by atoms with Crippen LogP contribution in [-0.2, 0) is 23.6 Å². The van der Waals surface area contributed by atoms with Gasteiger partial charge in [0, 0.05) is 13.2 Å². The Balaban J connectivity index is 2.11. The highest BCUT2D eigenvalue weighted by molar-refractivity contribution is 7.89. The Labute approximate surface area is 98.5 Å². The first-order chi connectivity index (χ1) is 7.99. The van der Waals surface area contributed by atoms with Crippen LogP contribution in [0.2, 0.25) is 0 Å². The molecule has 0 aliphatic carbocycles. The van der Waals surface area contributed by atoms with E-state index in [-0.39, 0.29) is 11.4 Å². The number of nitrogens with zero attached hydrogens (tertiary/aromatic N) is 3. The Hall–Kier alpha value is -1.67. The van der Waals surface area contributed by atoms with Crippen LogP contribution >= 0.6 is 0 Å². The van der Waals surface area contributed by atoms with E-state index in [1.165, 1.54) is 23.5 Å². The molecule has 0 aromatic carbocycles. The topological polar surface area (TPSA) is 90.0 Å². The third-order valence-electron chi connectivity index (χ3n) is 2.26. The lowest BCUT2D eigenvalue weighted by molar-refractivity contribution is 0.492. The number of hydrogen-bond acceptors (Lipinski definition) is 5. The molecule has 0 atom stereocenters. The van der Waals surface area contributed by atoms with Crippen LogP contribution in [0.3, 0.4) is 0 Å². The zero-order valence-corrected chi connectivity index (χ0v) is 10.2. The SMILES string of the molecule is Cc1ncoc1CNS(=O)(=O)c1cnn(C)c1. The van der Waals surface area contributed by atoms with E-state index in [9.17, 15) is 8.42 Å². The number of sulfonamides is 1. The number of nitrogens with one attached hydrogen (secondary N) is 1. The maximum Gasteiger partial charge on any atom is 0.244 e.